The van der Waals surface area contributed by atoms with Gasteiger partial charge in [-0.1, -0.05) is 29.3 Å². The lowest BCUT2D eigenvalue weighted by Gasteiger charge is -2.28. The smallest absolute Gasteiger partial charge is 0.261 e. The number of nitrogens with zero attached hydrogens (tertiary/aromatic N) is 1. The van der Waals surface area contributed by atoms with Crippen LogP contribution in [0.1, 0.15) is 12.5 Å². The molecule has 0 unspecified atom stereocenters. The third-order valence-electron chi connectivity index (χ3n) is 5.35. The zero-order valence-corrected chi connectivity index (χ0v) is 23.5. The van der Waals surface area contributed by atoms with Crippen LogP contribution >= 0.6 is 23.2 Å². The van der Waals surface area contributed by atoms with Crippen LogP contribution in [0.15, 0.2) is 65.6 Å². The molecule has 0 radical (unpaired) electrons. The van der Waals surface area contributed by atoms with Crippen LogP contribution in [-0.2, 0) is 24.8 Å². The molecule has 1 atom stereocenters. The Balaban J connectivity index is 1.79. The quantitative estimate of drug-likeness (QED) is 0.368. The number of hydrogen-bond donors (Lipinski definition) is 2. The average molecular weight is 587 g/mol. The minimum Gasteiger partial charge on any atom is -0.495 e. The number of carbonyl (C=O) groups is 1. The number of methoxy groups -OCH3 is 1. The first-order valence-corrected chi connectivity index (χ1v) is 14.8. The molecular formula is C24H25Cl2N3O6S2. The number of amides is 1. The molecule has 0 spiro atoms. The van der Waals surface area contributed by atoms with Crippen LogP contribution in [-0.4, -0.2) is 42.2 Å². The lowest BCUT2D eigenvalue weighted by Crippen LogP contribution is -2.45. The molecule has 37 heavy (non-hydrogen) atoms. The number of anilines is 3. The molecule has 0 bridgehead atoms. The van der Waals surface area contributed by atoms with Crippen LogP contribution in [0.5, 0.6) is 5.75 Å². The van der Waals surface area contributed by atoms with Crippen molar-refractivity contribution >= 4 is 66.2 Å². The van der Waals surface area contributed by atoms with E-state index in [1.54, 1.807) is 19.1 Å². The molecule has 3 rings (SSSR count). The monoisotopic (exact) mass is 585 g/mol. The summed E-state index contributed by atoms with van der Waals surface area (Å²) >= 11 is 12.1. The molecule has 0 heterocycles. The number of carbonyl (C=O) groups excluding carboxylic acids is 1. The molecule has 2 N–H and O–H groups in total. The Bertz CT molecular complexity index is 1530. The molecule has 0 aliphatic heterocycles. The van der Waals surface area contributed by atoms with Crippen molar-refractivity contribution in [2.45, 2.75) is 24.8 Å². The minimum absolute atomic E-state index is 0.0384. The van der Waals surface area contributed by atoms with Crippen LogP contribution in [0.3, 0.4) is 0 Å². The van der Waals surface area contributed by atoms with Gasteiger partial charge in [-0.2, -0.15) is 0 Å². The number of hydrogen-bond acceptors (Lipinski definition) is 6. The molecule has 9 nitrogen and oxygen atoms in total. The maximum absolute atomic E-state index is 13.0. The largest absolute Gasteiger partial charge is 0.495 e. The summed E-state index contributed by atoms with van der Waals surface area (Å²) in [4.78, 5) is 12.9. The molecule has 0 saturated carbocycles. The molecule has 3 aromatic rings. The number of rotatable bonds is 9. The predicted octanol–water partition coefficient (Wildman–Crippen LogP) is 4.90. The van der Waals surface area contributed by atoms with Crippen molar-refractivity contribution < 1.29 is 26.4 Å². The molecular weight excluding hydrogens is 561 g/mol. The number of aryl methyl sites for hydroxylation is 1. The van der Waals surface area contributed by atoms with Gasteiger partial charge < -0.3 is 10.1 Å². The van der Waals surface area contributed by atoms with Crippen LogP contribution < -0.4 is 19.1 Å². The maximum Gasteiger partial charge on any atom is 0.261 e. The summed E-state index contributed by atoms with van der Waals surface area (Å²) in [5, 5.41) is 3.18. The first kappa shape index (κ1) is 28.6. The van der Waals surface area contributed by atoms with Gasteiger partial charge in [0.25, 0.3) is 10.0 Å². The van der Waals surface area contributed by atoms with Crippen molar-refractivity contribution in [3.8, 4) is 5.75 Å². The fourth-order valence-electron chi connectivity index (χ4n) is 3.47. The minimum atomic E-state index is -3.92. The fraction of sp³-hybridized carbons (Fsp3) is 0.208. The maximum atomic E-state index is 13.0. The van der Waals surface area contributed by atoms with E-state index in [-0.39, 0.29) is 21.3 Å². The predicted molar refractivity (Wildman–Crippen MR) is 147 cm³/mol. The number of halogens is 2. The Morgan fingerprint density at radius 2 is 1.62 bits per heavy atom. The third-order valence-corrected chi connectivity index (χ3v) is 8.51. The lowest BCUT2D eigenvalue weighted by molar-refractivity contribution is -0.116. The second kappa shape index (κ2) is 11.2. The number of benzene rings is 3. The molecule has 3 aromatic carbocycles. The van der Waals surface area contributed by atoms with Crippen LogP contribution in [0.4, 0.5) is 17.1 Å². The number of ether oxygens (including phenoxy) is 1. The second-order valence-electron chi connectivity index (χ2n) is 8.13. The van der Waals surface area contributed by atoms with Gasteiger partial charge in [0.1, 0.15) is 11.8 Å². The summed E-state index contributed by atoms with van der Waals surface area (Å²) in [5.41, 5.74) is 1.49. The highest BCUT2D eigenvalue weighted by Crippen LogP contribution is 2.31. The first-order valence-electron chi connectivity index (χ1n) is 10.8. The Hall–Kier alpha value is -2.99. The van der Waals surface area contributed by atoms with E-state index in [1.165, 1.54) is 62.6 Å². The highest BCUT2D eigenvalue weighted by atomic mass is 35.5. The van der Waals surface area contributed by atoms with Crippen LogP contribution in [0.2, 0.25) is 10.0 Å². The number of nitrogens with one attached hydrogen (secondary N) is 2. The van der Waals surface area contributed by atoms with E-state index < -0.39 is 32.0 Å². The molecule has 0 aliphatic carbocycles. The van der Waals surface area contributed by atoms with E-state index in [1.807, 2.05) is 0 Å². The second-order valence-corrected chi connectivity index (χ2v) is 12.5. The van der Waals surface area contributed by atoms with Crippen molar-refractivity contribution in [1.29, 1.82) is 0 Å². The van der Waals surface area contributed by atoms with E-state index in [4.69, 9.17) is 27.9 Å². The van der Waals surface area contributed by atoms with Gasteiger partial charge in [0.15, 0.2) is 0 Å². The van der Waals surface area contributed by atoms with Gasteiger partial charge >= 0.3 is 0 Å². The number of sulfonamides is 2. The van der Waals surface area contributed by atoms with Gasteiger partial charge in [-0.05, 0) is 74.0 Å². The van der Waals surface area contributed by atoms with Gasteiger partial charge in [0, 0.05) is 10.7 Å². The van der Waals surface area contributed by atoms with Gasteiger partial charge in [-0.15, -0.1) is 0 Å². The van der Waals surface area contributed by atoms with Crippen molar-refractivity contribution in [3.05, 3.63) is 76.3 Å². The lowest BCUT2D eigenvalue weighted by atomic mass is 10.2. The molecule has 0 saturated heterocycles. The summed E-state index contributed by atoms with van der Waals surface area (Å²) in [6.45, 7) is 3.16. The van der Waals surface area contributed by atoms with Crippen LogP contribution in [0, 0.1) is 6.92 Å². The van der Waals surface area contributed by atoms with Gasteiger partial charge in [0.05, 0.1) is 34.7 Å². The highest BCUT2D eigenvalue weighted by Gasteiger charge is 2.30. The van der Waals surface area contributed by atoms with Gasteiger partial charge in [-0.3, -0.25) is 13.8 Å². The molecule has 13 heteroatoms. The summed E-state index contributed by atoms with van der Waals surface area (Å²) in [6, 6.07) is 13.5. The molecule has 0 fully saturated rings. The fourth-order valence-corrected chi connectivity index (χ4v) is 6.19. The highest BCUT2D eigenvalue weighted by molar-refractivity contribution is 7.92. The van der Waals surface area contributed by atoms with Crippen molar-refractivity contribution in [1.82, 2.24) is 0 Å². The van der Waals surface area contributed by atoms with Crippen molar-refractivity contribution in [2.75, 3.05) is 27.7 Å². The summed E-state index contributed by atoms with van der Waals surface area (Å²) in [7, 11) is -6.37. The topological polar surface area (TPSA) is 122 Å². The summed E-state index contributed by atoms with van der Waals surface area (Å²) < 4.78 is 59.2. The SMILES string of the molecule is COc1ccc(N([C@@H](C)C(=O)Nc2ccc(S(=O)(=O)Nc3cc(Cl)ccc3C)cc2)S(C)(=O)=O)cc1Cl. The standard InChI is InChI=1S/C24H25Cl2N3O6S2/c1-15-5-6-17(25)13-22(15)28-37(33,34)20-10-7-18(8-11-20)27-24(30)16(2)29(36(4,31)32)19-9-12-23(35-3)21(26)14-19/h5-14,16,28H,1-4H3,(H,27,30)/t16-/m0/s1. The van der Waals surface area contributed by atoms with E-state index in [0.717, 1.165) is 10.6 Å². The van der Waals surface area contributed by atoms with Crippen molar-refractivity contribution in [3.63, 3.8) is 0 Å². The zero-order chi connectivity index (χ0) is 27.5. The molecule has 0 aromatic heterocycles. The Morgan fingerprint density at radius 1 is 0.973 bits per heavy atom. The summed E-state index contributed by atoms with van der Waals surface area (Å²) in [5.74, 6) is -0.285. The Kier molecular flexibility index (Phi) is 8.63. The molecule has 0 aliphatic rings. The zero-order valence-electron chi connectivity index (χ0n) is 20.3. The Labute approximate surface area is 226 Å². The normalized spacial score (nSPS) is 12.5. The average Bonchev–Trinajstić information content (AvgIpc) is 2.81. The first-order chi connectivity index (χ1) is 17.2. The van der Waals surface area contributed by atoms with E-state index in [0.29, 0.717) is 22.0 Å². The van der Waals surface area contributed by atoms with Gasteiger partial charge in [-0.25, -0.2) is 16.8 Å². The van der Waals surface area contributed by atoms with Crippen molar-refractivity contribution in [2.24, 2.45) is 0 Å². The molecule has 198 valence electrons. The van der Waals surface area contributed by atoms with E-state index in [2.05, 4.69) is 10.0 Å². The van der Waals surface area contributed by atoms with Gasteiger partial charge in [0.2, 0.25) is 15.9 Å². The molecule has 1 amide bonds. The third kappa shape index (κ3) is 6.86. The van der Waals surface area contributed by atoms with Crippen LogP contribution in [0.25, 0.3) is 0 Å². The van der Waals surface area contributed by atoms with E-state index in [9.17, 15) is 21.6 Å². The van der Waals surface area contributed by atoms with E-state index >= 15 is 0 Å². The Morgan fingerprint density at radius 3 is 2.19 bits per heavy atom. The summed E-state index contributed by atoms with van der Waals surface area (Å²) in [6.07, 6.45) is 0.975.